The molecule has 2 aliphatic heterocycles. The number of aliphatic imine (C=N–C) groups is 1. The van der Waals surface area contributed by atoms with Crippen molar-refractivity contribution < 1.29 is 9.53 Å². The number of carbonyl (C=O) groups is 1. The Morgan fingerprint density at radius 2 is 1.53 bits per heavy atom. The molecular formula is C26H21N3O2S. The Hall–Kier alpha value is -3.77. The molecule has 0 spiro atoms. The van der Waals surface area contributed by atoms with Crippen molar-refractivity contribution in [3.63, 3.8) is 0 Å². The zero-order chi connectivity index (χ0) is 21.9. The van der Waals surface area contributed by atoms with Gasteiger partial charge in [0.05, 0.1) is 10.6 Å². The van der Waals surface area contributed by atoms with Crippen LogP contribution in [0.2, 0.25) is 0 Å². The van der Waals surface area contributed by atoms with Crippen LogP contribution in [-0.4, -0.2) is 17.6 Å². The Morgan fingerprint density at radius 3 is 2.19 bits per heavy atom. The van der Waals surface area contributed by atoms with Gasteiger partial charge in [0.1, 0.15) is 0 Å². The summed E-state index contributed by atoms with van der Waals surface area (Å²) in [6, 6.07) is 27.8. The first-order valence-corrected chi connectivity index (χ1v) is 11.2. The third-order valence-corrected chi connectivity index (χ3v) is 6.15. The molecule has 0 unspecified atom stereocenters. The van der Waals surface area contributed by atoms with Crippen molar-refractivity contribution in [1.82, 2.24) is 0 Å². The lowest BCUT2D eigenvalue weighted by atomic mass is 10.2. The molecule has 6 heteroatoms. The number of ether oxygens (including phenoxy) is 1. The van der Waals surface area contributed by atoms with Crippen LogP contribution in [0.1, 0.15) is 6.92 Å². The van der Waals surface area contributed by atoms with Crippen molar-refractivity contribution in [2.75, 3.05) is 16.3 Å². The second-order valence-corrected chi connectivity index (χ2v) is 8.17. The molecule has 0 N–H and O–H groups in total. The SMILES string of the molecule is CCN1/C(=C\C=C2/SC(N(c3ccccc3)c3ccccc3)=NC2=O)Oc2ccccc21. The highest BCUT2D eigenvalue weighted by Gasteiger charge is 2.29. The minimum Gasteiger partial charge on any atom is -0.439 e. The number of fused-ring (bicyclic) bond motifs is 1. The van der Waals surface area contributed by atoms with E-state index in [0.29, 0.717) is 16.0 Å². The number of carbonyl (C=O) groups excluding carboxylic acids is 1. The Balaban J connectivity index is 1.43. The molecule has 158 valence electrons. The number of nitrogens with zero attached hydrogens (tertiary/aromatic N) is 3. The van der Waals surface area contributed by atoms with E-state index in [0.717, 1.165) is 29.4 Å². The van der Waals surface area contributed by atoms with E-state index in [1.165, 1.54) is 11.8 Å². The number of hydrogen-bond acceptors (Lipinski definition) is 5. The molecular weight excluding hydrogens is 418 g/mol. The topological polar surface area (TPSA) is 45.1 Å². The van der Waals surface area contributed by atoms with Gasteiger partial charge in [-0.05, 0) is 61.2 Å². The maximum atomic E-state index is 12.7. The van der Waals surface area contributed by atoms with Crippen LogP contribution >= 0.6 is 11.8 Å². The number of amides is 1. The second kappa shape index (κ2) is 8.77. The minimum absolute atomic E-state index is 0.253. The monoisotopic (exact) mass is 439 g/mol. The molecule has 1 amide bonds. The Bertz CT molecular complexity index is 1200. The fraction of sp³-hybridized carbons (Fsp3) is 0.0769. The first-order valence-electron chi connectivity index (χ1n) is 10.4. The van der Waals surface area contributed by atoms with Gasteiger partial charge in [0.2, 0.25) is 5.88 Å². The van der Waals surface area contributed by atoms with E-state index in [2.05, 4.69) is 16.8 Å². The van der Waals surface area contributed by atoms with Crippen LogP contribution < -0.4 is 14.5 Å². The number of benzene rings is 3. The van der Waals surface area contributed by atoms with Gasteiger partial charge in [-0.2, -0.15) is 4.99 Å². The number of allylic oxidation sites excluding steroid dienone is 2. The zero-order valence-electron chi connectivity index (χ0n) is 17.5. The number of rotatable bonds is 4. The molecule has 0 saturated carbocycles. The van der Waals surface area contributed by atoms with Gasteiger partial charge in [0.25, 0.3) is 5.91 Å². The van der Waals surface area contributed by atoms with Crippen LogP contribution in [-0.2, 0) is 4.79 Å². The number of anilines is 3. The molecule has 5 nitrogen and oxygen atoms in total. The van der Waals surface area contributed by atoms with Crippen molar-refractivity contribution >= 4 is 39.9 Å². The predicted molar refractivity (Wildman–Crippen MR) is 131 cm³/mol. The summed E-state index contributed by atoms with van der Waals surface area (Å²) in [6.45, 7) is 2.84. The highest BCUT2D eigenvalue weighted by atomic mass is 32.2. The van der Waals surface area contributed by atoms with Gasteiger partial charge in [-0.3, -0.25) is 9.69 Å². The molecule has 0 aliphatic carbocycles. The van der Waals surface area contributed by atoms with Gasteiger partial charge in [0.15, 0.2) is 10.9 Å². The summed E-state index contributed by atoms with van der Waals surface area (Å²) in [7, 11) is 0. The summed E-state index contributed by atoms with van der Waals surface area (Å²) < 4.78 is 5.99. The molecule has 0 aromatic heterocycles. The molecule has 0 saturated heterocycles. The molecule has 2 heterocycles. The van der Waals surface area contributed by atoms with Gasteiger partial charge >= 0.3 is 0 Å². The van der Waals surface area contributed by atoms with E-state index >= 15 is 0 Å². The van der Waals surface area contributed by atoms with Crippen LogP contribution in [0.5, 0.6) is 5.75 Å². The molecule has 0 fully saturated rings. The Labute approximate surface area is 191 Å². The first kappa shape index (κ1) is 20.2. The molecule has 3 aromatic carbocycles. The van der Waals surface area contributed by atoms with Crippen molar-refractivity contribution in [2.24, 2.45) is 4.99 Å². The van der Waals surface area contributed by atoms with Crippen LogP contribution in [0.4, 0.5) is 17.1 Å². The van der Waals surface area contributed by atoms with Crippen molar-refractivity contribution in [3.8, 4) is 5.75 Å². The van der Waals surface area contributed by atoms with Crippen LogP contribution in [0.15, 0.2) is 113 Å². The maximum absolute atomic E-state index is 12.7. The smallest absolute Gasteiger partial charge is 0.286 e. The van der Waals surface area contributed by atoms with E-state index in [4.69, 9.17) is 4.74 Å². The predicted octanol–water partition coefficient (Wildman–Crippen LogP) is 6.10. The van der Waals surface area contributed by atoms with E-state index in [-0.39, 0.29) is 5.91 Å². The third-order valence-electron chi connectivity index (χ3n) is 5.16. The Morgan fingerprint density at radius 1 is 0.906 bits per heavy atom. The van der Waals surface area contributed by atoms with Crippen molar-refractivity contribution in [2.45, 2.75) is 6.92 Å². The quantitative estimate of drug-likeness (QED) is 0.460. The van der Waals surface area contributed by atoms with E-state index < -0.39 is 0 Å². The number of hydrogen-bond donors (Lipinski definition) is 0. The van der Waals surface area contributed by atoms with E-state index in [1.54, 1.807) is 6.08 Å². The normalized spacial score (nSPS) is 17.5. The lowest BCUT2D eigenvalue weighted by Gasteiger charge is -2.23. The van der Waals surface area contributed by atoms with Crippen molar-refractivity contribution in [3.05, 3.63) is 108 Å². The van der Waals surface area contributed by atoms with Gasteiger partial charge in [-0.1, -0.05) is 48.5 Å². The molecule has 0 bridgehead atoms. The average Bonchev–Trinajstić information content (AvgIpc) is 3.38. The highest BCUT2D eigenvalue weighted by molar-refractivity contribution is 8.18. The van der Waals surface area contributed by atoms with Crippen LogP contribution in [0, 0.1) is 0 Å². The lowest BCUT2D eigenvalue weighted by Crippen LogP contribution is -2.21. The van der Waals surface area contributed by atoms with E-state index in [9.17, 15) is 4.79 Å². The first-order chi connectivity index (χ1) is 15.7. The van der Waals surface area contributed by atoms with Gasteiger partial charge in [-0.15, -0.1) is 0 Å². The second-order valence-electron chi connectivity index (χ2n) is 7.16. The number of thioether (sulfide) groups is 1. The van der Waals surface area contributed by atoms with Gasteiger partial charge in [0, 0.05) is 24.0 Å². The molecule has 3 aromatic rings. The minimum atomic E-state index is -0.253. The maximum Gasteiger partial charge on any atom is 0.286 e. The summed E-state index contributed by atoms with van der Waals surface area (Å²) in [5, 5.41) is 0.625. The van der Waals surface area contributed by atoms with E-state index in [1.807, 2.05) is 95.9 Å². The third kappa shape index (κ3) is 3.81. The highest BCUT2D eigenvalue weighted by Crippen LogP contribution is 2.39. The fourth-order valence-electron chi connectivity index (χ4n) is 3.68. The Kier molecular flexibility index (Phi) is 5.52. The summed E-state index contributed by atoms with van der Waals surface area (Å²) in [5.74, 6) is 1.27. The molecule has 32 heavy (non-hydrogen) atoms. The zero-order valence-corrected chi connectivity index (χ0v) is 18.3. The summed E-state index contributed by atoms with van der Waals surface area (Å²) >= 11 is 1.36. The molecule has 2 aliphatic rings. The van der Waals surface area contributed by atoms with Gasteiger partial charge < -0.3 is 9.64 Å². The largest absolute Gasteiger partial charge is 0.439 e. The fourth-order valence-corrected chi connectivity index (χ4v) is 4.58. The molecule has 0 radical (unpaired) electrons. The summed E-state index contributed by atoms with van der Waals surface area (Å²) in [5.41, 5.74) is 2.93. The summed E-state index contributed by atoms with van der Waals surface area (Å²) in [4.78, 5) is 21.7. The van der Waals surface area contributed by atoms with Crippen LogP contribution in [0.25, 0.3) is 0 Å². The molecule has 0 atom stereocenters. The molecule has 5 rings (SSSR count). The standard InChI is InChI=1S/C26H21N3O2S/c1-2-28-21-15-9-10-16-22(21)31-24(28)18-17-23-25(30)27-26(32-23)29(19-11-5-3-6-12-19)20-13-7-4-8-14-20/h3-18H,2H2,1H3/b23-17-,24-18+. The number of amidine groups is 1. The number of para-hydroxylation sites is 4. The van der Waals surface area contributed by atoms with Crippen molar-refractivity contribution in [1.29, 1.82) is 0 Å². The average molecular weight is 440 g/mol. The van der Waals surface area contributed by atoms with Gasteiger partial charge in [-0.25, -0.2) is 0 Å². The summed E-state index contributed by atoms with van der Waals surface area (Å²) in [6.07, 6.45) is 3.64. The van der Waals surface area contributed by atoms with Crippen LogP contribution in [0.3, 0.4) is 0 Å². The lowest BCUT2D eigenvalue weighted by molar-refractivity contribution is -0.113.